The molecule has 0 fully saturated rings. The Balaban J connectivity index is 2.04. The van der Waals surface area contributed by atoms with Crippen molar-refractivity contribution in [2.75, 3.05) is 0 Å². The molecule has 3 rings (SSSR count). The molecule has 0 radical (unpaired) electrons. The molecule has 18 heavy (non-hydrogen) atoms. The average molecular weight is 289 g/mol. The maximum absolute atomic E-state index is 2.22. The molecule has 0 aliphatic carbocycles. The van der Waals surface area contributed by atoms with Crippen molar-refractivity contribution in [2.45, 2.75) is 13.8 Å². The number of rotatable bonds is 2. The quantitative estimate of drug-likeness (QED) is 0.500. The van der Waals surface area contributed by atoms with Gasteiger partial charge in [-0.1, -0.05) is 6.07 Å². The Morgan fingerprint density at radius 1 is 0.722 bits per heavy atom. The lowest BCUT2D eigenvalue weighted by atomic mass is 10.3. The zero-order chi connectivity index (χ0) is 12.5. The fourth-order valence-corrected chi connectivity index (χ4v) is 4.75. The largest absolute Gasteiger partial charge is 0.248 e. The van der Waals surface area contributed by atoms with Crippen LogP contribution in [0.1, 0.15) is 9.75 Å². The van der Waals surface area contributed by atoms with Gasteiger partial charge in [-0.05, 0) is 38.1 Å². The Morgan fingerprint density at radius 3 is 1.61 bits per heavy atom. The maximum Gasteiger partial charge on any atom is 0.248 e. The van der Waals surface area contributed by atoms with Crippen LogP contribution in [0.2, 0.25) is 0 Å². The molecule has 0 amide bonds. The second-order valence-electron chi connectivity index (χ2n) is 4.18. The van der Waals surface area contributed by atoms with Crippen LogP contribution in [0.25, 0.3) is 19.5 Å². The molecule has 0 N–H and O–H groups in total. The molecule has 0 saturated heterocycles. The van der Waals surface area contributed by atoms with Crippen LogP contribution in [-0.2, 0) is 0 Å². The smallest absolute Gasteiger partial charge is 0.135 e. The summed E-state index contributed by atoms with van der Waals surface area (Å²) in [5, 5.41) is 0. The zero-order valence-electron chi connectivity index (χ0n) is 10.3. The normalized spacial score (nSPS) is 10.8. The van der Waals surface area contributed by atoms with Crippen LogP contribution in [0.4, 0.5) is 0 Å². The molecule has 0 aliphatic rings. The first kappa shape index (κ1) is 12.0. The lowest BCUT2D eigenvalue weighted by Crippen LogP contribution is -1.70. The third-order valence-corrected chi connectivity index (χ3v) is 6.16. The third kappa shape index (κ3) is 2.39. The molecule has 3 aromatic rings. The summed E-state index contributed by atoms with van der Waals surface area (Å²) in [6, 6.07) is 15.4. The topological polar surface area (TPSA) is 0 Å². The van der Waals surface area contributed by atoms with Gasteiger partial charge in [0.2, 0.25) is 21.1 Å². The van der Waals surface area contributed by atoms with Crippen LogP contribution >= 0.6 is 34.0 Å². The molecule has 0 aliphatic heterocycles. The fraction of sp³-hybridized carbons (Fsp3) is 0.133. The van der Waals surface area contributed by atoms with Crippen molar-refractivity contribution >= 4 is 34.0 Å². The molecular formula is C15H13S3+. The summed E-state index contributed by atoms with van der Waals surface area (Å²) in [6.07, 6.45) is 0. The molecule has 3 heterocycles. The van der Waals surface area contributed by atoms with Gasteiger partial charge >= 0.3 is 0 Å². The van der Waals surface area contributed by atoms with Gasteiger partial charge in [-0.25, -0.2) is 0 Å². The minimum absolute atomic E-state index is 1.36. The first-order valence-corrected chi connectivity index (χ1v) is 8.24. The van der Waals surface area contributed by atoms with E-state index in [1.165, 1.54) is 29.3 Å². The van der Waals surface area contributed by atoms with Gasteiger partial charge in [0, 0.05) is 21.9 Å². The van der Waals surface area contributed by atoms with Crippen molar-refractivity contribution in [1.29, 1.82) is 0 Å². The van der Waals surface area contributed by atoms with Crippen LogP contribution < -0.4 is 0 Å². The van der Waals surface area contributed by atoms with Gasteiger partial charge in [-0.15, -0.1) is 22.7 Å². The predicted molar refractivity (Wildman–Crippen MR) is 84.8 cm³/mol. The van der Waals surface area contributed by atoms with Gasteiger partial charge in [0.15, 0.2) is 0 Å². The number of thiophene rings is 2. The van der Waals surface area contributed by atoms with Gasteiger partial charge < -0.3 is 0 Å². The van der Waals surface area contributed by atoms with Crippen LogP contribution in [0.5, 0.6) is 0 Å². The molecule has 0 saturated carbocycles. The molecular weight excluding hydrogens is 276 g/mol. The van der Waals surface area contributed by atoms with E-state index in [1.807, 2.05) is 34.0 Å². The molecule has 0 spiro atoms. The Kier molecular flexibility index (Phi) is 3.29. The first-order valence-electron chi connectivity index (χ1n) is 5.79. The number of hydrogen-bond acceptors (Lipinski definition) is 2. The van der Waals surface area contributed by atoms with E-state index in [4.69, 9.17) is 0 Å². The Bertz CT molecular complexity index is 621. The van der Waals surface area contributed by atoms with Gasteiger partial charge in [0.1, 0.15) is 0 Å². The molecule has 0 atom stereocenters. The van der Waals surface area contributed by atoms with E-state index in [2.05, 4.69) is 56.3 Å². The molecule has 0 aromatic carbocycles. The zero-order valence-corrected chi connectivity index (χ0v) is 12.7. The molecule has 3 heteroatoms. The second kappa shape index (κ2) is 4.92. The Hall–Kier alpha value is -1.03. The molecule has 0 bridgehead atoms. The summed E-state index contributed by atoms with van der Waals surface area (Å²) in [7, 11) is 0. The summed E-state index contributed by atoms with van der Waals surface area (Å²) >= 11 is 5.60. The van der Waals surface area contributed by atoms with E-state index in [0.717, 1.165) is 0 Å². The summed E-state index contributed by atoms with van der Waals surface area (Å²) in [5.41, 5.74) is 0. The molecule has 90 valence electrons. The summed E-state index contributed by atoms with van der Waals surface area (Å²) in [5.74, 6) is 0. The van der Waals surface area contributed by atoms with Crippen molar-refractivity contribution in [2.24, 2.45) is 0 Å². The SMILES string of the molecule is Cc1ccc(-c2cccc(-c3ccc(C)s3)[s+]2)s1. The number of hydrogen-bond donors (Lipinski definition) is 0. The van der Waals surface area contributed by atoms with Crippen LogP contribution in [0.3, 0.4) is 0 Å². The van der Waals surface area contributed by atoms with Gasteiger partial charge in [0.05, 0.1) is 9.75 Å². The van der Waals surface area contributed by atoms with Crippen molar-refractivity contribution in [3.63, 3.8) is 0 Å². The van der Waals surface area contributed by atoms with Crippen LogP contribution in [0, 0.1) is 13.8 Å². The lowest BCUT2D eigenvalue weighted by molar-refractivity contribution is 1.64. The maximum atomic E-state index is 2.22. The van der Waals surface area contributed by atoms with Crippen LogP contribution in [-0.4, -0.2) is 0 Å². The minimum atomic E-state index is 1.36. The second-order valence-corrected chi connectivity index (χ2v) is 7.84. The predicted octanol–water partition coefficient (Wildman–Crippen LogP) is 6.10. The highest BCUT2D eigenvalue weighted by Crippen LogP contribution is 2.37. The summed E-state index contributed by atoms with van der Waals surface area (Å²) in [4.78, 5) is 8.19. The van der Waals surface area contributed by atoms with E-state index in [-0.39, 0.29) is 0 Å². The Morgan fingerprint density at radius 2 is 1.22 bits per heavy atom. The van der Waals surface area contributed by atoms with E-state index in [9.17, 15) is 0 Å². The first-order chi connectivity index (χ1) is 8.72. The van der Waals surface area contributed by atoms with Crippen molar-refractivity contribution in [1.82, 2.24) is 0 Å². The van der Waals surface area contributed by atoms with Crippen molar-refractivity contribution in [3.8, 4) is 19.5 Å². The van der Waals surface area contributed by atoms with Crippen molar-refractivity contribution < 1.29 is 0 Å². The van der Waals surface area contributed by atoms with Crippen molar-refractivity contribution in [3.05, 3.63) is 52.2 Å². The summed E-state index contributed by atoms with van der Waals surface area (Å²) < 4.78 is 0. The number of aryl methyl sites for hydroxylation is 2. The highest BCUT2D eigenvalue weighted by molar-refractivity contribution is 7.26. The van der Waals surface area contributed by atoms with Crippen LogP contribution in [0.15, 0.2) is 42.5 Å². The highest BCUT2D eigenvalue weighted by atomic mass is 32.1. The van der Waals surface area contributed by atoms with E-state index in [0.29, 0.717) is 0 Å². The average Bonchev–Trinajstić information content (AvgIpc) is 2.98. The molecule has 0 unspecified atom stereocenters. The highest BCUT2D eigenvalue weighted by Gasteiger charge is 2.17. The standard InChI is InChI=1S/C15H13S3/c1-10-6-8-14(16-10)12-4-3-5-13(18-12)15-9-7-11(2)17-15/h3-9H,1-2H3/q+1. The summed E-state index contributed by atoms with van der Waals surface area (Å²) in [6.45, 7) is 4.32. The monoisotopic (exact) mass is 289 g/mol. The third-order valence-electron chi connectivity index (χ3n) is 2.68. The van der Waals surface area contributed by atoms with Gasteiger partial charge in [0.25, 0.3) is 0 Å². The van der Waals surface area contributed by atoms with E-state index >= 15 is 0 Å². The molecule has 3 aromatic heterocycles. The van der Waals surface area contributed by atoms with Gasteiger partial charge in [-0.2, -0.15) is 0 Å². The molecule has 0 nitrogen and oxygen atoms in total. The fourth-order valence-electron chi connectivity index (χ4n) is 1.81. The Labute approximate surface area is 119 Å². The van der Waals surface area contributed by atoms with E-state index in [1.54, 1.807) is 0 Å². The lowest BCUT2D eigenvalue weighted by Gasteiger charge is -1.88. The van der Waals surface area contributed by atoms with Gasteiger partial charge in [-0.3, -0.25) is 0 Å². The van der Waals surface area contributed by atoms with E-state index < -0.39 is 0 Å². The minimum Gasteiger partial charge on any atom is -0.135 e.